The number of rotatable bonds is 29. The lowest BCUT2D eigenvalue weighted by molar-refractivity contribution is 0.0596. The van der Waals surface area contributed by atoms with E-state index in [0.29, 0.717) is 55.3 Å². The molecule has 0 aliphatic heterocycles. The van der Waals surface area contributed by atoms with Crippen molar-refractivity contribution in [2.24, 2.45) is 5.92 Å². The van der Waals surface area contributed by atoms with Crippen LogP contribution in [0.5, 0.6) is 46.0 Å². The maximum absolute atomic E-state index is 14.3. The average Bonchev–Trinajstić information content (AvgIpc) is 3.57. The number of esters is 2. The first-order valence-electron chi connectivity index (χ1n) is 23.3. The van der Waals surface area contributed by atoms with Gasteiger partial charge < -0.3 is 48.1 Å². The highest BCUT2D eigenvalue weighted by Crippen LogP contribution is 2.51. The molecule has 0 heterocycles. The summed E-state index contributed by atoms with van der Waals surface area (Å²) in [6, 6.07) is 0. The molecule has 0 unspecified atom stereocenters. The molecule has 2 aromatic carbocycles. The van der Waals surface area contributed by atoms with Crippen molar-refractivity contribution in [3.63, 3.8) is 0 Å². The number of carbonyl (C=O) groups excluding carboxylic acids is 2. The Balaban J connectivity index is 2.10. The molecule has 1 saturated carbocycles. The molecule has 0 bridgehead atoms. The Morgan fingerprint density at radius 2 is 1.05 bits per heavy atom. The first kappa shape index (κ1) is 52.3. The van der Waals surface area contributed by atoms with Crippen molar-refractivity contribution in [3.8, 4) is 46.0 Å². The number of phenolic OH excluding ortho intramolecular Hbond substituents is 2. The maximum atomic E-state index is 14.3. The third-order valence-corrected chi connectivity index (χ3v) is 11.5. The quantitative estimate of drug-likeness (QED) is 0.0263. The standard InChI is InChI=1S/C51H76O12/c1-10-15-29-38-44(60-33-17-12-3)42(52)40(48(58-8)46(38)56-6)50(54)62-36(14-5)31-32-37(28-24-23-27-35-25-21-19-20-22-26-35)63-51(55)41-43(53)45(61-34-18-13-4)39(30-16-11-2)47(57-7)49(41)59-9/h14,31-32,35,52-53H,5,10-13,15-30,33-34H2,1-4,6-9H3. The number of aromatic hydroxyl groups is 2. The molecule has 0 spiro atoms. The largest absolute Gasteiger partial charge is 0.504 e. The highest BCUT2D eigenvalue weighted by Gasteiger charge is 2.33. The van der Waals surface area contributed by atoms with Crippen molar-refractivity contribution in [1.82, 2.24) is 0 Å². The number of carbonyl (C=O) groups is 2. The van der Waals surface area contributed by atoms with Gasteiger partial charge in [-0.1, -0.05) is 111 Å². The fourth-order valence-corrected chi connectivity index (χ4v) is 7.94. The molecule has 0 radical (unpaired) electrons. The molecule has 352 valence electrons. The summed E-state index contributed by atoms with van der Waals surface area (Å²) < 4.78 is 47.2. The third kappa shape index (κ3) is 14.8. The maximum Gasteiger partial charge on any atom is 0.351 e. The van der Waals surface area contributed by atoms with E-state index in [9.17, 15) is 19.8 Å². The van der Waals surface area contributed by atoms with Crippen LogP contribution in [0.1, 0.15) is 175 Å². The van der Waals surface area contributed by atoms with Crippen LogP contribution in [0.4, 0.5) is 0 Å². The number of hydrogen-bond acceptors (Lipinski definition) is 12. The lowest BCUT2D eigenvalue weighted by atomic mass is 9.94. The normalized spacial score (nSPS) is 13.5. The van der Waals surface area contributed by atoms with Gasteiger partial charge >= 0.3 is 11.9 Å². The molecule has 3 rings (SSSR count). The van der Waals surface area contributed by atoms with Gasteiger partial charge in [-0.05, 0) is 69.1 Å². The third-order valence-electron chi connectivity index (χ3n) is 11.5. The van der Waals surface area contributed by atoms with E-state index in [1.165, 1.54) is 79.1 Å². The molecule has 12 heteroatoms. The smallest absolute Gasteiger partial charge is 0.351 e. The highest BCUT2D eigenvalue weighted by molar-refractivity contribution is 6.00. The van der Waals surface area contributed by atoms with Crippen LogP contribution in [0.25, 0.3) is 0 Å². The van der Waals surface area contributed by atoms with Crippen molar-refractivity contribution in [1.29, 1.82) is 0 Å². The summed E-state index contributed by atoms with van der Waals surface area (Å²) in [6.45, 7) is 12.7. The zero-order chi connectivity index (χ0) is 46.1. The molecule has 12 nitrogen and oxygen atoms in total. The molecular weight excluding hydrogens is 805 g/mol. The Hall–Kier alpha value is -5.00. The van der Waals surface area contributed by atoms with Gasteiger partial charge in [-0.15, -0.1) is 0 Å². The summed E-state index contributed by atoms with van der Waals surface area (Å²) in [5, 5.41) is 23.4. The second kappa shape index (κ2) is 28.6. The van der Waals surface area contributed by atoms with Crippen LogP contribution in [0.2, 0.25) is 0 Å². The van der Waals surface area contributed by atoms with Crippen molar-refractivity contribution < 1.29 is 57.7 Å². The summed E-state index contributed by atoms with van der Waals surface area (Å²) in [5.41, 5.74) is 0.732. The lowest BCUT2D eigenvalue weighted by Gasteiger charge is -2.22. The van der Waals surface area contributed by atoms with E-state index in [4.69, 9.17) is 37.9 Å². The molecule has 1 aliphatic carbocycles. The number of phenols is 2. The van der Waals surface area contributed by atoms with E-state index in [1.807, 2.05) is 13.8 Å². The van der Waals surface area contributed by atoms with E-state index in [2.05, 4.69) is 20.4 Å². The fourth-order valence-electron chi connectivity index (χ4n) is 7.94. The molecule has 0 atom stereocenters. The van der Waals surface area contributed by atoms with Crippen LogP contribution in [0.15, 0.2) is 36.3 Å². The monoisotopic (exact) mass is 881 g/mol. The van der Waals surface area contributed by atoms with E-state index >= 15 is 0 Å². The molecule has 0 saturated heterocycles. The number of benzene rings is 2. The summed E-state index contributed by atoms with van der Waals surface area (Å²) in [6.07, 6.45) is 22.6. The fraction of sp³-hybridized carbons (Fsp3) is 0.608. The second-order valence-electron chi connectivity index (χ2n) is 16.1. The van der Waals surface area contributed by atoms with Crippen molar-refractivity contribution in [3.05, 3.63) is 58.6 Å². The van der Waals surface area contributed by atoms with Gasteiger partial charge in [-0.25, -0.2) is 9.59 Å². The van der Waals surface area contributed by atoms with E-state index in [1.54, 1.807) is 6.08 Å². The SMILES string of the molecule is C=CC(=CC=C(CCCCC1CCCCCC1)OC(=O)c1c(O)c(OCCCC)c(CCCC)c(OC)c1OC)OC(=O)c1c(O)c(OCCCC)c(CCCC)c(OC)c1OC. The molecule has 1 aliphatic rings. The molecule has 0 aromatic heterocycles. The summed E-state index contributed by atoms with van der Waals surface area (Å²) in [4.78, 5) is 28.3. The van der Waals surface area contributed by atoms with E-state index in [0.717, 1.165) is 70.6 Å². The van der Waals surface area contributed by atoms with Gasteiger partial charge in [0, 0.05) is 17.5 Å². The molecular formula is C51H76O12. The van der Waals surface area contributed by atoms with Gasteiger partial charge in [0.2, 0.25) is 0 Å². The Kier molecular flexibility index (Phi) is 23.8. The predicted octanol–water partition coefficient (Wildman–Crippen LogP) is 12.7. The van der Waals surface area contributed by atoms with Crippen LogP contribution >= 0.6 is 0 Å². The molecule has 2 aromatic rings. The first-order chi connectivity index (χ1) is 30.6. The van der Waals surface area contributed by atoms with Crippen LogP contribution in [0, 0.1) is 5.92 Å². The van der Waals surface area contributed by atoms with Crippen molar-refractivity contribution in [2.75, 3.05) is 41.7 Å². The minimum absolute atomic E-state index is 0.00456. The Labute approximate surface area is 376 Å². The molecule has 2 N–H and O–H groups in total. The minimum Gasteiger partial charge on any atom is -0.504 e. The second-order valence-corrected chi connectivity index (χ2v) is 16.1. The minimum atomic E-state index is -0.938. The predicted molar refractivity (Wildman–Crippen MR) is 247 cm³/mol. The van der Waals surface area contributed by atoms with Crippen LogP contribution in [-0.2, 0) is 22.3 Å². The van der Waals surface area contributed by atoms with Crippen LogP contribution < -0.4 is 28.4 Å². The highest BCUT2D eigenvalue weighted by atomic mass is 16.6. The first-order valence-corrected chi connectivity index (χ1v) is 23.3. The molecule has 0 amide bonds. The summed E-state index contributed by atoms with van der Waals surface area (Å²) in [7, 11) is 5.76. The van der Waals surface area contributed by atoms with Gasteiger partial charge in [0.15, 0.2) is 57.1 Å². The summed E-state index contributed by atoms with van der Waals surface area (Å²) >= 11 is 0. The average molecular weight is 881 g/mol. The summed E-state index contributed by atoms with van der Waals surface area (Å²) in [5.74, 6) is -0.721. The number of methoxy groups -OCH3 is 4. The van der Waals surface area contributed by atoms with Gasteiger partial charge in [0.25, 0.3) is 0 Å². The van der Waals surface area contributed by atoms with E-state index in [-0.39, 0.29) is 57.1 Å². The van der Waals surface area contributed by atoms with Crippen molar-refractivity contribution >= 4 is 11.9 Å². The Bertz CT molecular complexity index is 1820. The van der Waals surface area contributed by atoms with Gasteiger partial charge in [-0.2, -0.15) is 0 Å². The van der Waals surface area contributed by atoms with Crippen LogP contribution in [0.3, 0.4) is 0 Å². The zero-order valence-electron chi connectivity index (χ0n) is 39.5. The van der Waals surface area contributed by atoms with Crippen LogP contribution in [-0.4, -0.2) is 63.8 Å². The lowest BCUT2D eigenvalue weighted by Crippen LogP contribution is -2.12. The van der Waals surface area contributed by atoms with Crippen molar-refractivity contribution in [2.45, 2.75) is 156 Å². The Morgan fingerprint density at radius 3 is 1.48 bits per heavy atom. The number of allylic oxidation sites excluding steroid dienone is 4. The topological polar surface area (TPSA) is 148 Å². The number of ether oxygens (including phenoxy) is 8. The Morgan fingerprint density at radius 1 is 0.587 bits per heavy atom. The van der Waals surface area contributed by atoms with Gasteiger partial charge in [0.1, 0.15) is 11.5 Å². The molecule has 63 heavy (non-hydrogen) atoms. The zero-order valence-corrected chi connectivity index (χ0v) is 39.5. The number of hydrogen-bond donors (Lipinski definition) is 2. The van der Waals surface area contributed by atoms with Gasteiger partial charge in [0.05, 0.1) is 41.7 Å². The number of unbranched alkanes of at least 4 members (excludes halogenated alkanes) is 5. The van der Waals surface area contributed by atoms with Gasteiger partial charge in [-0.3, -0.25) is 0 Å². The molecule has 1 fully saturated rings. The van der Waals surface area contributed by atoms with E-state index < -0.39 is 17.7 Å².